The van der Waals surface area contributed by atoms with Crippen molar-refractivity contribution in [2.24, 2.45) is 0 Å². The van der Waals surface area contributed by atoms with E-state index in [9.17, 15) is 4.79 Å². The summed E-state index contributed by atoms with van der Waals surface area (Å²) < 4.78 is 1.61. The number of likely N-dealkylation sites (tertiary alicyclic amines) is 1. The molecule has 1 aliphatic heterocycles. The van der Waals surface area contributed by atoms with E-state index >= 15 is 0 Å². The summed E-state index contributed by atoms with van der Waals surface area (Å²) in [5.41, 5.74) is 1.76. The molecule has 1 aromatic heterocycles. The molecule has 0 bridgehead atoms. The van der Waals surface area contributed by atoms with Crippen molar-refractivity contribution in [1.82, 2.24) is 19.9 Å². The quantitative estimate of drug-likeness (QED) is 0.901. The van der Waals surface area contributed by atoms with E-state index in [0.29, 0.717) is 28.5 Å². The summed E-state index contributed by atoms with van der Waals surface area (Å²) in [5.74, 6) is -0.0914. The Morgan fingerprint density at radius 2 is 2.21 bits per heavy atom. The maximum atomic E-state index is 12.9. The Kier molecular flexibility index (Phi) is 5.16. The number of carbonyl (C=O) groups is 1. The van der Waals surface area contributed by atoms with Crippen LogP contribution in [-0.2, 0) is 0 Å². The Morgan fingerprint density at radius 1 is 1.42 bits per heavy atom. The molecule has 1 saturated heterocycles. The number of aromatic nitrogens is 3. The zero-order valence-electron chi connectivity index (χ0n) is 13.7. The number of carbonyl (C=O) groups excluding carboxylic acids is 1. The smallest absolute Gasteiger partial charge is 0.276 e. The summed E-state index contributed by atoms with van der Waals surface area (Å²) in [6, 6.07) is 7.52. The highest BCUT2D eigenvalue weighted by Crippen LogP contribution is 2.25. The van der Waals surface area contributed by atoms with Crippen molar-refractivity contribution in [2.45, 2.75) is 38.6 Å². The Labute approximate surface area is 146 Å². The summed E-state index contributed by atoms with van der Waals surface area (Å²) in [6.07, 6.45) is 3.49. The Balaban J connectivity index is 1.85. The lowest BCUT2D eigenvalue weighted by atomic mass is 10.1. The minimum Gasteiger partial charge on any atom is -0.396 e. The number of hydrogen-bond acceptors (Lipinski definition) is 4. The van der Waals surface area contributed by atoms with E-state index in [1.54, 1.807) is 10.7 Å². The van der Waals surface area contributed by atoms with Gasteiger partial charge >= 0.3 is 0 Å². The minimum absolute atomic E-state index is 0.0914. The van der Waals surface area contributed by atoms with Crippen molar-refractivity contribution in [3.8, 4) is 5.69 Å². The van der Waals surface area contributed by atoms with Gasteiger partial charge in [0.25, 0.3) is 5.91 Å². The first-order chi connectivity index (χ1) is 11.6. The lowest BCUT2D eigenvalue weighted by molar-refractivity contribution is 0.0717. The van der Waals surface area contributed by atoms with Crippen LogP contribution in [0, 0.1) is 6.92 Å². The first-order valence-electron chi connectivity index (χ1n) is 8.22. The lowest BCUT2D eigenvalue weighted by Gasteiger charge is -2.23. The maximum Gasteiger partial charge on any atom is 0.276 e. The molecule has 1 fully saturated rings. The van der Waals surface area contributed by atoms with Crippen LogP contribution >= 0.6 is 11.6 Å². The van der Waals surface area contributed by atoms with Crippen molar-refractivity contribution in [2.75, 3.05) is 13.2 Å². The molecule has 1 aliphatic rings. The molecule has 0 saturated carbocycles. The van der Waals surface area contributed by atoms with Crippen molar-refractivity contribution >= 4 is 17.5 Å². The normalized spacial score (nSPS) is 17.5. The van der Waals surface area contributed by atoms with Crippen LogP contribution in [0.5, 0.6) is 0 Å². The van der Waals surface area contributed by atoms with Crippen molar-refractivity contribution in [3.63, 3.8) is 0 Å². The van der Waals surface area contributed by atoms with Crippen LogP contribution in [0.3, 0.4) is 0 Å². The molecule has 0 spiro atoms. The first kappa shape index (κ1) is 16.9. The molecule has 7 heteroatoms. The lowest BCUT2D eigenvalue weighted by Crippen LogP contribution is -2.36. The van der Waals surface area contributed by atoms with Gasteiger partial charge in [0.15, 0.2) is 5.69 Å². The molecular formula is C17H21ClN4O2. The molecule has 6 nitrogen and oxygen atoms in total. The Bertz CT molecular complexity index is 731. The summed E-state index contributed by atoms with van der Waals surface area (Å²) in [5, 5.41) is 17.8. The Morgan fingerprint density at radius 3 is 2.96 bits per heavy atom. The van der Waals surface area contributed by atoms with E-state index < -0.39 is 0 Å². The largest absolute Gasteiger partial charge is 0.396 e. The molecule has 2 heterocycles. The molecule has 1 atom stereocenters. The topological polar surface area (TPSA) is 71.2 Å². The predicted octanol–water partition coefficient (Wildman–Crippen LogP) is 2.61. The first-order valence-corrected chi connectivity index (χ1v) is 8.60. The van der Waals surface area contributed by atoms with Gasteiger partial charge in [-0.15, -0.1) is 5.10 Å². The SMILES string of the molecule is Cc1c(C(=O)N2CCCC2CCCO)nnn1-c1ccccc1Cl. The molecule has 0 aliphatic carbocycles. The number of hydrogen-bond donors (Lipinski definition) is 1. The van der Waals surface area contributed by atoms with Crippen LogP contribution in [0.25, 0.3) is 5.69 Å². The standard InChI is InChI=1S/C17H21ClN4O2/c1-12-16(17(24)21-10-4-6-13(21)7-5-11-23)19-20-22(12)15-9-3-2-8-14(15)18/h2-3,8-9,13,23H,4-7,10-11H2,1H3. The number of benzene rings is 1. The molecule has 2 aromatic rings. The molecule has 1 N–H and O–H groups in total. The van der Waals surface area contributed by atoms with Gasteiger partial charge in [-0.2, -0.15) is 0 Å². The zero-order valence-corrected chi connectivity index (χ0v) is 14.4. The molecular weight excluding hydrogens is 328 g/mol. The van der Waals surface area contributed by atoms with Gasteiger partial charge in [-0.3, -0.25) is 4.79 Å². The van der Waals surface area contributed by atoms with Gasteiger partial charge in [-0.1, -0.05) is 28.9 Å². The number of aliphatic hydroxyl groups is 1. The average Bonchev–Trinajstić information content (AvgIpc) is 3.19. The van der Waals surface area contributed by atoms with Gasteiger partial charge < -0.3 is 10.0 Å². The third-order valence-corrected chi connectivity index (χ3v) is 4.83. The molecule has 1 unspecified atom stereocenters. The monoisotopic (exact) mass is 348 g/mol. The van der Waals surface area contributed by atoms with Crippen molar-refractivity contribution in [1.29, 1.82) is 0 Å². The van der Waals surface area contributed by atoms with E-state index in [4.69, 9.17) is 16.7 Å². The molecule has 3 rings (SSSR count). The van der Waals surface area contributed by atoms with Gasteiger partial charge in [0.2, 0.25) is 0 Å². The van der Waals surface area contributed by atoms with Gasteiger partial charge in [0.1, 0.15) is 0 Å². The highest BCUT2D eigenvalue weighted by Gasteiger charge is 2.32. The highest BCUT2D eigenvalue weighted by atomic mass is 35.5. The second kappa shape index (κ2) is 7.32. The van der Waals surface area contributed by atoms with Crippen LogP contribution in [0.1, 0.15) is 41.9 Å². The Hall–Kier alpha value is -1.92. The molecule has 0 radical (unpaired) electrons. The molecule has 128 valence electrons. The zero-order chi connectivity index (χ0) is 17.1. The molecule has 1 amide bonds. The summed E-state index contributed by atoms with van der Waals surface area (Å²) in [7, 11) is 0. The van der Waals surface area contributed by atoms with E-state index in [-0.39, 0.29) is 18.6 Å². The summed E-state index contributed by atoms with van der Waals surface area (Å²) in [4.78, 5) is 14.8. The predicted molar refractivity (Wildman–Crippen MR) is 91.5 cm³/mol. The van der Waals surface area contributed by atoms with E-state index in [0.717, 1.165) is 25.8 Å². The number of para-hydroxylation sites is 1. The number of rotatable bonds is 5. The van der Waals surface area contributed by atoms with Gasteiger partial charge in [0, 0.05) is 19.2 Å². The number of amides is 1. The van der Waals surface area contributed by atoms with Crippen LogP contribution in [0.15, 0.2) is 24.3 Å². The molecule has 24 heavy (non-hydrogen) atoms. The van der Waals surface area contributed by atoms with E-state index in [1.165, 1.54) is 0 Å². The number of nitrogens with zero attached hydrogens (tertiary/aromatic N) is 4. The minimum atomic E-state index is -0.0914. The summed E-state index contributed by atoms with van der Waals surface area (Å²) >= 11 is 6.22. The second-order valence-electron chi connectivity index (χ2n) is 6.05. The second-order valence-corrected chi connectivity index (χ2v) is 6.45. The van der Waals surface area contributed by atoms with Crippen LogP contribution in [0.4, 0.5) is 0 Å². The number of aliphatic hydroxyl groups excluding tert-OH is 1. The highest BCUT2D eigenvalue weighted by molar-refractivity contribution is 6.32. The molecule has 1 aromatic carbocycles. The fourth-order valence-corrected chi connectivity index (χ4v) is 3.46. The van der Waals surface area contributed by atoms with Gasteiger partial charge in [-0.05, 0) is 44.7 Å². The van der Waals surface area contributed by atoms with Gasteiger partial charge in [-0.25, -0.2) is 4.68 Å². The van der Waals surface area contributed by atoms with Crippen LogP contribution in [0.2, 0.25) is 5.02 Å². The number of halogens is 1. The van der Waals surface area contributed by atoms with Crippen molar-refractivity contribution < 1.29 is 9.90 Å². The van der Waals surface area contributed by atoms with Crippen LogP contribution in [-0.4, -0.2) is 50.1 Å². The van der Waals surface area contributed by atoms with Crippen molar-refractivity contribution in [3.05, 3.63) is 40.7 Å². The summed E-state index contributed by atoms with van der Waals surface area (Å²) in [6.45, 7) is 2.71. The average molecular weight is 349 g/mol. The third-order valence-electron chi connectivity index (χ3n) is 4.51. The third kappa shape index (κ3) is 3.16. The fraction of sp³-hybridized carbons (Fsp3) is 0.471. The van der Waals surface area contributed by atoms with E-state index in [1.807, 2.05) is 30.0 Å². The fourth-order valence-electron chi connectivity index (χ4n) is 3.25. The van der Waals surface area contributed by atoms with Gasteiger partial charge in [0.05, 0.1) is 16.4 Å². The van der Waals surface area contributed by atoms with E-state index in [2.05, 4.69) is 10.3 Å². The maximum absolute atomic E-state index is 12.9. The van der Waals surface area contributed by atoms with Crippen LogP contribution < -0.4 is 0 Å².